The SMILES string of the molecule is CCc1nc(C)oc1C(=O)Nc1nc2cc(C(N)=O)cc(OCCCOC3CN(C(=O)CCN4C(=O)C=CC4=O)C3)c2n1C/C=C/Cn1c(NC(=O)c2cc(C)nn2CC)nc2ccccc21. The van der Waals surface area contributed by atoms with Crippen LogP contribution in [0.4, 0.5) is 11.9 Å². The summed E-state index contributed by atoms with van der Waals surface area (Å²) in [5.41, 5.74) is 9.80. The number of imidazole rings is 2. The molecule has 2 aromatic carbocycles. The minimum Gasteiger partial charge on any atom is -0.491 e. The number of aromatic nitrogens is 7. The van der Waals surface area contributed by atoms with Gasteiger partial charge in [0, 0.05) is 76.7 Å². The minimum atomic E-state index is -0.705. The fourth-order valence-electron chi connectivity index (χ4n) is 7.91. The number of imide groups is 1. The van der Waals surface area contributed by atoms with Crippen molar-refractivity contribution in [3.63, 3.8) is 0 Å². The highest BCUT2D eigenvalue weighted by Gasteiger charge is 2.32. The molecular weight excluding hydrogens is 865 g/mol. The Morgan fingerprint density at radius 3 is 2.31 bits per heavy atom. The average Bonchev–Trinajstić information content (AvgIpc) is 4.11. The molecule has 21 heteroatoms. The molecule has 348 valence electrons. The molecule has 0 unspecified atom stereocenters. The van der Waals surface area contributed by atoms with Crippen LogP contribution in [-0.2, 0) is 45.2 Å². The zero-order valence-corrected chi connectivity index (χ0v) is 37.5. The van der Waals surface area contributed by atoms with Crippen LogP contribution in [0.25, 0.3) is 22.1 Å². The lowest BCUT2D eigenvalue weighted by Gasteiger charge is -2.39. The second-order valence-corrected chi connectivity index (χ2v) is 15.9. The van der Waals surface area contributed by atoms with E-state index in [4.69, 9.17) is 29.6 Å². The van der Waals surface area contributed by atoms with Gasteiger partial charge in [-0.3, -0.25) is 49.0 Å². The van der Waals surface area contributed by atoms with Gasteiger partial charge in [0.05, 0.1) is 47.3 Å². The summed E-state index contributed by atoms with van der Waals surface area (Å²) >= 11 is 0. The van der Waals surface area contributed by atoms with E-state index in [-0.39, 0.29) is 67.1 Å². The van der Waals surface area contributed by atoms with E-state index in [0.717, 1.165) is 16.1 Å². The maximum Gasteiger partial charge on any atom is 0.295 e. The summed E-state index contributed by atoms with van der Waals surface area (Å²) in [6, 6.07) is 12.3. The number of benzene rings is 2. The summed E-state index contributed by atoms with van der Waals surface area (Å²) in [6.07, 6.45) is 6.89. The highest BCUT2D eigenvalue weighted by Crippen LogP contribution is 2.32. The normalized spacial score (nSPS) is 14.0. The van der Waals surface area contributed by atoms with Crippen molar-refractivity contribution in [3.8, 4) is 5.75 Å². The van der Waals surface area contributed by atoms with E-state index in [1.807, 2.05) is 61.8 Å². The zero-order valence-electron chi connectivity index (χ0n) is 37.5. The first-order chi connectivity index (χ1) is 32.3. The van der Waals surface area contributed by atoms with E-state index in [2.05, 4.69) is 20.7 Å². The highest BCUT2D eigenvalue weighted by atomic mass is 16.5. The number of para-hydroxylation sites is 2. The van der Waals surface area contributed by atoms with Crippen LogP contribution < -0.4 is 21.1 Å². The summed E-state index contributed by atoms with van der Waals surface area (Å²) in [5, 5.41) is 10.2. The number of likely N-dealkylation sites (tertiary alicyclic amines) is 1. The van der Waals surface area contributed by atoms with Crippen LogP contribution >= 0.6 is 0 Å². The number of anilines is 2. The Bertz CT molecular complexity index is 2950. The molecule has 0 aliphatic carbocycles. The van der Waals surface area contributed by atoms with Crippen molar-refractivity contribution in [1.29, 1.82) is 0 Å². The largest absolute Gasteiger partial charge is 0.491 e. The van der Waals surface area contributed by atoms with Gasteiger partial charge < -0.3 is 33.7 Å². The van der Waals surface area contributed by atoms with Crippen LogP contribution in [0.15, 0.2) is 71.2 Å². The Labute approximate surface area is 383 Å². The Morgan fingerprint density at radius 1 is 0.881 bits per heavy atom. The van der Waals surface area contributed by atoms with Gasteiger partial charge in [-0.25, -0.2) is 15.0 Å². The topological polar surface area (TPSA) is 257 Å². The molecular formula is C46H50N12O9. The zero-order chi connectivity index (χ0) is 47.4. The van der Waals surface area contributed by atoms with Crippen molar-refractivity contribution in [2.45, 2.75) is 72.7 Å². The molecule has 0 atom stereocenters. The predicted octanol–water partition coefficient (Wildman–Crippen LogP) is 3.94. The number of rotatable bonds is 20. The number of fused-ring (bicyclic) bond motifs is 2. The van der Waals surface area contributed by atoms with Gasteiger partial charge in [-0.2, -0.15) is 5.10 Å². The molecule has 4 aromatic heterocycles. The van der Waals surface area contributed by atoms with Gasteiger partial charge in [0.1, 0.15) is 17.0 Å². The third-order valence-electron chi connectivity index (χ3n) is 11.3. The van der Waals surface area contributed by atoms with Gasteiger partial charge in [0.25, 0.3) is 23.6 Å². The number of hydrogen-bond donors (Lipinski definition) is 3. The van der Waals surface area contributed by atoms with Crippen molar-refractivity contribution >= 4 is 69.4 Å². The predicted molar refractivity (Wildman–Crippen MR) is 243 cm³/mol. The lowest BCUT2D eigenvalue weighted by molar-refractivity contribution is -0.146. The van der Waals surface area contributed by atoms with Crippen LogP contribution in [0, 0.1) is 13.8 Å². The Hall–Kier alpha value is -7.94. The number of oxazole rings is 1. The molecule has 1 saturated heterocycles. The quantitative estimate of drug-likeness (QED) is 0.0558. The molecule has 2 aliphatic heterocycles. The van der Waals surface area contributed by atoms with Crippen molar-refractivity contribution in [2.24, 2.45) is 5.73 Å². The van der Waals surface area contributed by atoms with Crippen molar-refractivity contribution in [1.82, 2.24) is 43.7 Å². The molecule has 21 nitrogen and oxygen atoms in total. The van der Waals surface area contributed by atoms with Gasteiger partial charge in [-0.15, -0.1) is 0 Å². The smallest absolute Gasteiger partial charge is 0.295 e. The van der Waals surface area contributed by atoms with E-state index in [0.29, 0.717) is 85.4 Å². The summed E-state index contributed by atoms with van der Waals surface area (Å²) in [7, 11) is 0. The van der Waals surface area contributed by atoms with Crippen LogP contribution in [0.1, 0.15) is 75.4 Å². The van der Waals surface area contributed by atoms with Crippen LogP contribution in [0.3, 0.4) is 0 Å². The molecule has 6 amide bonds. The summed E-state index contributed by atoms with van der Waals surface area (Å²) in [4.78, 5) is 92.5. The summed E-state index contributed by atoms with van der Waals surface area (Å²) < 4.78 is 23.2. The van der Waals surface area contributed by atoms with E-state index in [9.17, 15) is 28.8 Å². The first-order valence-electron chi connectivity index (χ1n) is 21.9. The molecule has 67 heavy (non-hydrogen) atoms. The number of hydrogen-bond acceptors (Lipinski definition) is 13. The second-order valence-electron chi connectivity index (χ2n) is 15.9. The van der Waals surface area contributed by atoms with E-state index >= 15 is 0 Å². The number of aryl methyl sites for hydroxylation is 4. The number of nitrogens with one attached hydrogen (secondary N) is 2. The molecule has 0 saturated carbocycles. The monoisotopic (exact) mass is 914 g/mol. The van der Waals surface area contributed by atoms with Crippen molar-refractivity contribution in [3.05, 3.63) is 101 Å². The molecule has 6 heterocycles. The lowest BCUT2D eigenvalue weighted by atomic mass is 10.1. The lowest BCUT2D eigenvalue weighted by Crippen LogP contribution is -2.55. The fraction of sp³-hybridized carbons (Fsp3) is 0.348. The minimum absolute atomic E-state index is 0.0233. The Kier molecular flexibility index (Phi) is 13.4. The molecule has 2 aliphatic rings. The summed E-state index contributed by atoms with van der Waals surface area (Å²) in [6.45, 7) is 9.51. The third kappa shape index (κ3) is 9.86. The number of allylic oxidation sites excluding steroid dienone is 2. The number of primary amides is 1. The number of ether oxygens (including phenoxy) is 2. The fourth-order valence-corrected chi connectivity index (χ4v) is 7.91. The number of carbonyl (C=O) groups excluding carboxylic acids is 6. The number of nitrogens with two attached hydrogens (primary N) is 1. The maximum atomic E-state index is 13.7. The number of amides is 6. The average molecular weight is 915 g/mol. The standard InChI is InChI=1S/C46H50N12O9/c1-5-31-41(67-28(4)48-31)44(64)52-46-50-33-23-29(42(47)62)24-36(66-21-11-20-65-30-25-54(26-30)37(59)16-19-56-38(60)14-15-39(56)61)40(33)57(46)18-10-9-17-55-34-13-8-7-12-32(34)49-45(55)51-43(63)35-22-27(3)53-58(35)6-2/h7-10,12-15,22-24,30H,5-6,11,16-21,25-26H2,1-4H3,(H2,47,62)(H,49,51,63)(H,50,52,64)/b10-9+. The van der Waals surface area contributed by atoms with Crippen molar-refractivity contribution < 1.29 is 42.7 Å². The maximum absolute atomic E-state index is 13.7. The Morgan fingerprint density at radius 2 is 1.58 bits per heavy atom. The number of carbonyl (C=O) groups is 6. The summed E-state index contributed by atoms with van der Waals surface area (Å²) in [5.74, 6) is -1.49. The van der Waals surface area contributed by atoms with Gasteiger partial charge in [0.2, 0.25) is 29.5 Å². The first-order valence-corrected chi connectivity index (χ1v) is 21.9. The van der Waals surface area contributed by atoms with Gasteiger partial charge in [0.15, 0.2) is 5.89 Å². The highest BCUT2D eigenvalue weighted by molar-refractivity contribution is 6.13. The van der Waals surface area contributed by atoms with Crippen LogP contribution in [-0.4, -0.2) is 118 Å². The van der Waals surface area contributed by atoms with E-state index < -0.39 is 23.6 Å². The van der Waals surface area contributed by atoms with E-state index in [1.165, 1.54) is 24.3 Å². The third-order valence-corrected chi connectivity index (χ3v) is 11.3. The molecule has 0 spiro atoms. The van der Waals surface area contributed by atoms with Gasteiger partial charge >= 0.3 is 0 Å². The molecule has 1 fully saturated rings. The molecule has 0 radical (unpaired) electrons. The van der Waals surface area contributed by atoms with Gasteiger partial charge in [-0.05, 0) is 50.6 Å². The molecule has 0 bridgehead atoms. The molecule has 4 N–H and O–H groups in total. The van der Waals surface area contributed by atoms with Crippen LogP contribution in [0.5, 0.6) is 5.75 Å². The molecule has 6 aromatic rings. The van der Waals surface area contributed by atoms with Crippen LogP contribution in [0.2, 0.25) is 0 Å². The second kappa shape index (κ2) is 19.7. The number of nitrogens with zero attached hydrogens (tertiary/aromatic N) is 9. The Balaban J connectivity index is 0.989. The van der Waals surface area contributed by atoms with Crippen molar-refractivity contribution in [2.75, 3.05) is 43.5 Å². The van der Waals surface area contributed by atoms with E-state index in [1.54, 1.807) is 27.1 Å². The first kappa shape index (κ1) is 45.6. The van der Waals surface area contributed by atoms with Gasteiger partial charge in [-0.1, -0.05) is 31.2 Å². The molecule has 8 rings (SSSR count).